The van der Waals surface area contributed by atoms with Crippen molar-refractivity contribution >= 4 is 46.4 Å². The van der Waals surface area contributed by atoms with Crippen LogP contribution in [-0.2, 0) is 22.5 Å². The van der Waals surface area contributed by atoms with Crippen LogP contribution in [0.15, 0.2) is 30.6 Å². The van der Waals surface area contributed by atoms with E-state index < -0.39 is 47.4 Å². The minimum atomic E-state index is -3.13. The average Bonchev–Trinajstić information content (AvgIpc) is 3.53. The van der Waals surface area contributed by atoms with E-state index in [1.807, 2.05) is 19.1 Å². The molecule has 0 unspecified atom stereocenters. The molecule has 15 heteroatoms. The molecule has 2 fully saturated rings. The van der Waals surface area contributed by atoms with E-state index in [0.29, 0.717) is 5.75 Å². The third kappa shape index (κ3) is 6.74. The number of nitrogens with zero attached hydrogens (tertiary/aromatic N) is 4. The molecule has 2 aliphatic heterocycles. The molecular weight excluding hydrogens is 631 g/mol. The highest BCUT2D eigenvalue weighted by atomic mass is 32.1. The van der Waals surface area contributed by atoms with Crippen LogP contribution >= 0.6 is 12.2 Å². The van der Waals surface area contributed by atoms with Gasteiger partial charge in [-0.25, -0.2) is 9.67 Å². The zero-order valence-electron chi connectivity index (χ0n) is 27.8. The van der Waals surface area contributed by atoms with E-state index in [-0.39, 0.29) is 45.7 Å². The van der Waals surface area contributed by atoms with Crippen LogP contribution in [0.25, 0.3) is 0 Å². The molecule has 0 spiro atoms. The van der Waals surface area contributed by atoms with Gasteiger partial charge in [-0.05, 0) is 41.2 Å². The fourth-order valence-corrected chi connectivity index (χ4v) is 18.0. The number of carbonyl (C=O) groups excluding carboxylic acids is 2. The van der Waals surface area contributed by atoms with Crippen LogP contribution in [0, 0.1) is 6.92 Å². The molecule has 4 atom stereocenters. The Hall–Kier alpha value is -2.70. The Balaban J connectivity index is 1.88. The number of carbonyl (C=O) groups is 2. The predicted octanol–water partition coefficient (Wildman–Crippen LogP) is 5.12. The monoisotopic (exact) mass is 677 g/mol. The summed E-state index contributed by atoms with van der Waals surface area (Å²) in [4.78, 5) is 31.3. The van der Waals surface area contributed by atoms with Crippen molar-refractivity contribution in [3.8, 4) is 5.75 Å². The lowest BCUT2D eigenvalue weighted by Crippen LogP contribution is -2.66. The van der Waals surface area contributed by atoms with Gasteiger partial charge in [0.15, 0.2) is 12.3 Å². The van der Waals surface area contributed by atoms with Crippen molar-refractivity contribution in [3.63, 3.8) is 0 Å². The van der Waals surface area contributed by atoms with E-state index >= 15 is 0 Å². The van der Waals surface area contributed by atoms with Gasteiger partial charge in [-0.15, -0.1) is 5.10 Å². The molecule has 2 N–H and O–H groups in total. The maximum atomic E-state index is 13.6. The van der Waals surface area contributed by atoms with E-state index in [0.717, 1.165) is 5.56 Å². The summed E-state index contributed by atoms with van der Waals surface area (Å²) in [5.74, 6) is -0.759. The molecule has 2 aliphatic rings. The molecule has 0 aliphatic carbocycles. The second kappa shape index (κ2) is 13.6. The number of aromatic nitrogens is 3. The summed E-state index contributed by atoms with van der Waals surface area (Å²) in [6, 6.07) is 6.80. The van der Waals surface area contributed by atoms with Crippen molar-refractivity contribution in [1.29, 1.82) is 0 Å². The Morgan fingerprint density at radius 2 is 1.58 bits per heavy atom. The molecule has 0 saturated carbocycles. The molecule has 248 valence electrons. The minimum Gasteiger partial charge on any atom is -0.446 e. The highest BCUT2D eigenvalue weighted by molar-refractivity contribution is 7.79. The lowest BCUT2D eigenvalue weighted by molar-refractivity contribution is -0.136. The molecule has 2 aromatic rings. The van der Waals surface area contributed by atoms with Gasteiger partial charge in [0.1, 0.15) is 18.2 Å². The first-order valence-corrected chi connectivity index (χ1v) is 19.9. The SMILES string of the molecule is CC(=O)N1[C@@H]2CO[Si](C(C)C)(C(C)C)O[Si](C(C)C)(C(C)C)O[C@H]2[C@@H](OC(=S)Oc2ccc(C)cc2)[C@@H]1n1cnc(C(N)=O)n1. The van der Waals surface area contributed by atoms with E-state index in [2.05, 4.69) is 65.5 Å². The van der Waals surface area contributed by atoms with Crippen molar-refractivity contribution in [2.45, 2.75) is 116 Å². The summed E-state index contributed by atoms with van der Waals surface area (Å²) in [7, 11) is -6.05. The Morgan fingerprint density at radius 1 is 1.00 bits per heavy atom. The van der Waals surface area contributed by atoms with Crippen molar-refractivity contribution in [3.05, 3.63) is 42.0 Å². The number of hydrogen-bond donors (Lipinski definition) is 1. The largest absolute Gasteiger partial charge is 0.446 e. The van der Waals surface area contributed by atoms with Crippen molar-refractivity contribution < 1.29 is 32.0 Å². The third-order valence-electron chi connectivity index (χ3n) is 8.80. The zero-order chi connectivity index (χ0) is 33.4. The average molecular weight is 678 g/mol. The molecule has 2 saturated heterocycles. The van der Waals surface area contributed by atoms with Crippen LogP contribution < -0.4 is 10.5 Å². The molecule has 1 aromatic carbocycles. The summed E-state index contributed by atoms with van der Waals surface area (Å²) in [6.07, 6.45) is -1.24. The second-order valence-electron chi connectivity index (χ2n) is 13.1. The van der Waals surface area contributed by atoms with E-state index in [1.54, 1.807) is 17.0 Å². The van der Waals surface area contributed by atoms with Gasteiger partial charge in [0, 0.05) is 19.1 Å². The molecule has 2 amide bonds. The van der Waals surface area contributed by atoms with Crippen LogP contribution in [0.5, 0.6) is 5.75 Å². The number of fused-ring (bicyclic) bond motifs is 1. The first-order chi connectivity index (χ1) is 21.0. The molecule has 4 rings (SSSR count). The van der Waals surface area contributed by atoms with Gasteiger partial charge in [-0.2, -0.15) is 0 Å². The molecule has 3 heterocycles. The van der Waals surface area contributed by atoms with Gasteiger partial charge in [0.25, 0.3) is 5.91 Å². The van der Waals surface area contributed by atoms with Gasteiger partial charge in [-0.1, -0.05) is 73.1 Å². The summed E-state index contributed by atoms with van der Waals surface area (Å²) in [5, 5.41) is 4.18. The fourth-order valence-electron chi connectivity index (χ4n) is 6.54. The van der Waals surface area contributed by atoms with E-state index in [9.17, 15) is 9.59 Å². The number of likely N-dealkylation sites (tertiary alicyclic amines) is 1. The van der Waals surface area contributed by atoms with Gasteiger partial charge in [0.05, 0.1) is 12.6 Å². The molecule has 0 radical (unpaired) electrons. The highest BCUT2D eigenvalue weighted by Crippen LogP contribution is 2.49. The van der Waals surface area contributed by atoms with Crippen LogP contribution in [0.2, 0.25) is 22.2 Å². The quantitative estimate of drug-likeness (QED) is 0.296. The first-order valence-electron chi connectivity index (χ1n) is 15.5. The first kappa shape index (κ1) is 35.2. The number of benzene rings is 1. The highest BCUT2D eigenvalue weighted by Gasteiger charge is 2.64. The summed E-state index contributed by atoms with van der Waals surface area (Å²) in [5.41, 5.74) is 6.84. The summed E-state index contributed by atoms with van der Waals surface area (Å²) >= 11 is 5.61. The predicted molar refractivity (Wildman–Crippen MR) is 177 cm³/mol. The normalized spacial score (nSPS) is 24.4. The Bertz CT molecular complexity index is 1370. The minimum absolute atomic E-state index is 0.0262. The van der Waals surface area contributed by atoms with Crippen LogP contribution in [0.4, 0.5) is 0 Å². The smallest absolute Gasteiger partial charge is 0.358 e. The fraction of sp³-hybridized carbons (Fsp3) is 0.633. The number of primary amides is 1. The lowest BCUT2D eigenvalue weighted by atomic mass is 10.1. The lowest BCUT2D eigenvalue weighted by Gasteiger charge is -2.52. The van der Waals surface area contributed by atoms with Gasteiger partial charge < -0.3 is 33.1 Å². The molecule has 45 heavy (non-hydrogen) atoms. The topological polar surface area (TPSA) is 140 Å². The van der Waals surface area contributed by atoms with Gasteiger partial charge in [0.2, 0.25) is 11.7 Å². The number of nitrogens with two attached hydrogens (primary N) is 1. The number of hydrogen-bond acceptors (Lipinski definition) is 10. The Kier molecular flexibility index (Phi) is 10.6. The third-order valence-corrected chi connectivity index (χ3v) is 19.2. The standard InChI is InChI=1S/C30H47N5O7SSi2/c1-17(2)44(18(3)4)38-15-24-25(41-45(42-44,19(5)6)20(7)8)26(40-30(43)39-23-13-11-21(9)12-14-23)29(35(24)22(10)36)34-16-32-28(33-34)27(31)37/h11-14,16-20,24-26,29H,15H2,1-10H3,(H2,31,37)/t24-,25-,26-,29-/m1/s1. The van der Waals surface area contributed by atoms with E-state index in [1.165, 1.54) is 17.9 Å². The van der Waals surface area contributed by atoms with Crippen molar-refractivity contribution in [2.75, 3.05) is 6.61 Å². The zero-order valence-corrected chi connectivity index (χ0v) is 30.7. The van der Waals surface area contributed by atoms with Crippen molar-refractivity contribution in [1.82, 2.24) is 19.7 Å². The maximum Gasteiger partial charge on any atom is 0.358 e. The van der Waals surface area contributed by atoms with E-state index in [4.69, 9.17) is 40.4 Å². The Morgan fingerprint density at radius 3 is 2.07 bits per heavy atom. The maximum absolute atomic E-state index is 13.6. The number of rotatable bonds is 8. The van der Waals surface area contributed by atoms with Crippen LogP contribution in [0.3, 0.4) is 0 Å². The summed E-state index contributed by atoms with van der Waals surface area (Å²) in [6.45, 7) is 20.6. The Labute approximate surface area is 273 Å². The molecule has 0 bridgehead atoms. The van der Waals surface area contributed by atoms with Crippen molar-refractivity contribution in [2.24, 2.45) is 5.73 Å². The van der Waals surface area contributed by atoms with Crippen LogP contribution in [-0.4, -0.2) is 78.7 Å². The number of amides is 2. The number of ether oxygens (including phenoxy) is 2. The molecule has 1 aromatic heterocycles. The second-order valence-corrected chi connectivity index (χ2v) is 22.3. The molecular formula is C30H47N5O7SSi2. The number of aryl methyl sites for hydroxylation is 1. The van der Waals surface area contributed by atoms with Gasteiger partial charge >= 0.3 is 22.4 Å². The van der Waals surface area contributed by atoms with Gasteiger partial charge in [-0.3, -0.25) is 9.59 Å². The summed E-state index contributed by atoms with van der Waals surface area (Å²) < 4.78 is 35.4. The molecule has 12 nitrogen and oxygen atoms in total. The number of thiocarbonyl (C=S) groups is 1. The van der Waals surface area contributed by atoms with Crippen LogP contribution in [0.1, 0.15) is 84.7 Å².